The van der Waals surface area contributed by atoms with Gasteiger partial charge in [0.05, 0.1) is 0 Å². The van der Waals surface area contributed by atoms with Gasteiger partial charge in [-0.2, -0.15) is 0 Å². The second-order valence-electron chi connectivity index (χ2n) is 5.58. The highest BCUT2D eigenvalue weighted by molar-refractivity contribution is 5.46. The summed E-state index contributed by atoms with van der Waals surface area (Å²) in [5.41, 5.74) is 8.07. The van der Waals surface area contributed by atoms with Crippen molar-refractivity contribution >= 4 is 5.69 Å². The molecule has 0 aromatic heterocycles. The van der Waals surface area contributed by atoms with E-state index in [1.807, 2.05) is 12.1 Å². The Labute approximate surface area is 105 Å². The van der Waals surface area contributed by atoms with Gasteiger partial charge in [0.1, 0.15) is 0 Å². The number of hydrogen-bond acceptors (Lipinski definition) is 2. The Bertz CT molecular complexity index is 362. The summed E-state index contributed by atoms with van der Waals surface area (Å²) in [6, 6.07) is 8.79. The molecule has 0 radical (unpaired) electrons. The molecular formula is C15H24N2. The highest BCUT2D eigenvalue weighted by Crippen LogP contribution is 2.28. The van der Waals surface area contributed by atoms with Gasteiger partial charge in [-0.25, -0.2) is 0 Å². The zero-order valence-electron chi connectivity index (χ0n) is 10.9. The van der Waals surface area contributed by atoms with Crippen molar-refractivity contribution in [2.24, 2.45) is 11.8 Å². The number of nitrogens with two attached hydrogens (primary N) is 1. The summed E-state index contributed by atoms with van der Waals surface area (Å²) in [6.07, 6.45) is 4.00. The Balaban J connectivity index is 1.88. The molecule has 0 bridgehead atoms. The molecule has 2 rings (SSSR count). The van der Waals surface area contributed by atoms with Gasteiger partial charge in [0.15, 0.2) is 0 Å². The number of hydrogen-bond donors (Lipinski definition) is 2. The number of rotatable bonds is 3. The number of nitrogen functional groups attached to an aromatic ring is 1. The first-order chi connectivity index (χ1) is 8.16. The van der Waals surface area contributed by atoms with E-state index in [0.717, 1.165) is 24.1 Å². The lowest BCUT2D eigenvalue weighted by Gasteiger charge is -2.33. The zero-order valence-corrected chi connectivity index (χ0v) is 10.9. The quantitative estimate of drug-likeness (QED) is 0.785. The van der Waals surface area contributed by atoms with E-state index < -0.39 is 0 Å². The van der Waals surface area contributed by atoms with Gasteiger partial charge in [-0.15, -0.1) is 0 Å². The third-order valence-electron chi connectivity index (χ3n) is 4.04. The summed E-state index contributed by atoms with van der Waals surface area (Å²) in [4.78, 5) is 0. The maximum Gasteiger partial charge on any atom is 0.0359 e. The van der Waals surface area contributed by atoms with Crippen LogP contribution < -0.4 is 11.1 Å². The topological polar surface area (TPSA) is 38.0 Å². The van der Waals surface area contributed by atoms with Gasteiger partial charge in [0, 0.05) is 18.3 Å². The fraction of sp³-hybridized carbons (Fsp3) is 0.600. The van der Waals surface area contributed by atoms with Crippen molar-refractivity contribution in [1.82, 2.24) is 5.32 Å². The normalized spacial score (nSPS) is 29.2. The predicted octanol–water partition coefficient (Wildman–Crippen LogP) is 3.18. The molecule has 17 heavy (non-hydrogen) atoms. The van der Waals surface area contributed by atoms with Gasteiger partial charge < -0.3 is 11.1 Å². The molecule has 3 N–H and O–H groups in total. The van der Waals surface area contributed by atoms with Crippen LogP contribution in [0.15, 0.2) is 24.3 Å². The molecule has 94 valence electrons. The lowest BCUT2D eigenvalue weighted by molar-refractivity contribution is 0.227. The van der Waals surface area contributed by atoms with E-state index in [4.69, 9.17) is 5.73 Å². The molecule has 1 aliphatic rings. The molecule has 0 amide bonds. The molecule has 1 aliphatic carbocycles. The monoisotopic (exact) mass is 232 g/mol. The van der Waals surface area contributed by atoms with Crippen molar-refractivity contribution < 1.29 is 0 Å². The van der Waals surface area contributed by atoms with Gasteiger partial charge >= 0.3 is 0 Å². The molecule has 1 aromatic carbocycles. The summed E-state index contributed by atoms with van der Waals surface area (Å²) < 4.78 is 0. The number of para-hydroxylation sites is 1. The Hall–Kier alpha value is -1.02. The number of anilines is 1. The summed E-state index contributed by atoms with van der Waals surface area (Å²) in [5, 5.41) is 3.67. The maximum absolute atomic E-state index is 5.95. The van der Waals surface area contributed by atoms with Crippen molar-refractivity contribution in [1.29, 1.82) is 0 Å². The van der Waals surface area contributed by atoms with Crippen LogP contribution in [0.4, 0.5) is 5.69 Å². The SMILES string of the molecule is CC1CCC(NCc2ccccc2N)C(C)C1. The summed E-state index contributed by atoms with van der Waals surface area (Å²) in [5.74, 6) is 1.67. The van der Waals surface area contributed by atoms with Gasteiger partial charge in [-0.05, 0) is 42.7 Å². The Kier molecular flexibility index (Phi) is 4.06. The van der Waals surface area contributed by atoms with E-state index in [1.54, 1.807) is 0 Å². The van der Waals surface area contributed by atoms with E-state index in [1.165, 1.54) is 24.8 Å². The average molecular weight is 232 g/mol. The molecule has 1 fully saturated rings. The highest BCUT2D eigenvalue weighted by atomic mass is 14.9. The molecule has 0 saturated heterocycles. The second kappa shape index (κ2) is 5.54. The molecule has 2 nitrogen and oxygen atoms in total. The van der Waals surface area contributed by atoms with E-state index in [0.29, 0.717) is 6.04 Å². The van der Waals surface area contributed by atoms with Crippen LogP contribution in [0.2, 0.25) is 0 Å². The molecule has 1 aromatic rings. The maximum atomic E-state index is 5.95. The second-order valence-corrected chi connectivity index (χ2v) is 5.58. The van der Waals surface area contributed by atoms with Gasteiger partial charge in [-0.3, -0.25) is 0 Å². The molecule has 1 saturated carbocycles. The fourth-order valence-corrected chi connectivity index (χ4v) is 2.90. The van der Waals surface area contributed by atoms with Crippen molar-refractivity contribution in [3.05, 3.63) is 29.8 Å². The lowest BCUT2D eigenvalue weighted by Crippen LogP contribution is -2.38. The van der Waals surface area contributed by atoms with Crippen LogP contribution in [0.25, 0.3) is 0 Å². The third-order valence-corrected chi connectivity index (χ3v) is 4.04. The Morgan fingerprint density at radius 2 is 2.00 bits per heavy atom. The third kappa shape index (κ3) is 3.22. The number of benzene rings is 1. The average Bonchev–Trinajstić information content (AvgIpc) is 2.30. The zero-order chi connectivity index (χ0) is 12.3. The highest BCUT2D eigenvalue weighted by Gasteiger charge is 2.24. The van der Waals surface area contributed by atoms with E-state index >= 15 is 0 Å². The lowest BCUT2D eigenvalue weighted by atomic mass is 9.80. The van der Waals surface area contributed by atoms with E-state index in [9.17, 15) is 0 Å². The Morgan fingerprint density at radius 1 is 1.24 bits per heavy atom. The molecule has 0 heterocycles. The van der Waals surface area contributed by atoms with Gasteiger partial charge in [0.25, 0.3) is 0 Å². The van der Waals surface area contributed by atoms with Crippen molar-refractivity contribution in [3.63, 3.8) is 0 Å². The van der Waals surface area contributed by atoms with Crippen LogP contribution in [0.5, 0.6) is 0 Å². The van der Waals surface area contributed by atoms with E-state index in [-0.39, 0.29) is 0 Å². The molecule has 0 spiro atoms. The smallest absolute Gasteiger partial charge is 0.0359 e. The first kappa shape index (κ1) is 12.4. The molecule has 3 unspecified atom stereocenters. The molecule has 0 aliphatic heterocycles. The van der Waals surface area contributed by atoms with Gasteiger partial charge in [-0.1, -0.05) is 32.0 Å². The van der Waals surface area contributed by atoms with Crippen molar-refractivity contribution in [2.75, 3.05) is 5.73 Å². The van der Waals surface area contributed by atoms with Crippen LogP contribution in [0.3, 0.4) is 0 Å². The first-order valence-corrected chi connectivity index (χ1v) is 6.73. The standard InChI is InChI=1S/C15H24N2/c1-11-7-8-15(12(2)9-11)17-10-13-5-3-4-6-14(13)16/h3-6,11-12,15,17H,7-10,16H2,1-2H3. The van der Waals surface area contributed by atoms with Crippen LogP contribution in [-0.2, 0) is 6.54 Å². The summed E-state index contributed by atoms with van der Waals surface area (Å²) >= 11 is 0. The van der Waals surface area contributed by atoms with E-state index in [2.05, 4.69) is 31.3 Å². The molecular weight excluding hydrogens is 208 g/mol. The summed E-state index contributed by atoms with van der Waals surface area (Å²) in [6.45, 7) is 5.62. The van der Waals surface area contributed by atoms with Gasteiger partial charge in [0.2, 0.25) is 0 Å². The van der Waals surface area contributed by atoms with Crippen molar-refractivity contribution in [2.45, 2.75) is 45.7 Å². The molecule has 3 atom stereocenters. The Morgan fingerprint density at radius 3 is 2.71 bits per heavy atom. The van der Waals surface area contributed by atoms with Crippen molar-refractivity contribution in [3.8, 4) is 0 Å². The minimum Gasteiger partial charge on any atom is -0.398 e. The van der Waals surface area contributed by atoms with Crippen LogP contribution >= 0.6 is 0 Å². The predicted molar refractivity (Wildman–Crippen MR) is 73.7 cm³/mol. The molecule has 2 heteroatoms. The number of nitrogens with one attached hydrogen (secondary N) is 1. The van der Waals surface area contributed by atoms with Crippen LogP contribution in [0.1, 0.15) is 38.7 Å². The van der Waals surface area contributed by atoms with Crippen LogP contribution in [-0.4, -0.2) is 6.04 Å². The largest absolute Gasteiger partial charge is 0.398 e. The minimum atomic E-state index is 0.658. The fourth-order valence-electron chi connectivity index (χ4n) is 2.90. The van der Waals surface area contributed by atoms with Crippen LogP contribution in [0, 0.1) is 11.8 Å². The first-order valence-electron chi connectivity index (χ1n) is 6.73. The minimum absolute atomic E-state index is 0.658. The summed E-state index contributed by atoms with van der Waals surface area (Å²) in [7, 11) is 0.